The second kappa shape index (κ2) is 6.37. The summed E-state index contributed by atoms with van der Waals surface area (Å²) in [6, 6.07) is 4.59. The molecule has 2 aromatic rings. The highest BCUT2D eigenvalue weighted by molar-refractivity contribution is 9.10. The van der Waals surface area contributed by atoms with Crippen LogP contribution in [0.15, 0.2) is 28.1 Å². The Bertz CT molecular complexity index is 642. The normalized spacial score (nSPS) is 10.6. The van der Waals surface area contributed by atoms with Crippen molar-refractivity contribution in [1.29, 1.82) is 0 Å². The summed E-state index contributed by atoms with van der Waals surface area (Å²) < 4.78 is 13.6. The van der Waals surface area contributed by atoms with Gasteiger partial charge in [0.05, 0.1) is 17.8 Å². The molecule has 0 aliphatic carbocycles. The number of benzene rings is 1. The van der Waals surface area contributed by atoms with Gasteiger partial charge in [0.25, 0.3) is 5.91 Å². The molecular weight excluding hydrogens is 343 g/mol. The number of halogens is 2. The Labute approximate surface area is 129 Å². The summed E-state index contributed by atoms with van der Waals surface area (Å²) in [6.45, 7) is 2.54. The molecule has 0 spiro atoms. The number of carbonyl (C=O) groups excluding carboxylic acids is 1. The highest BCUT2D eigenvalue weighted by atomic mass is 79.9. The smallest absolute Gasteiger partial charge is 0.252 e. The molecule has 3 N–H and O–H groups in total. The van der Waals surface area contributed by atoms with Crippen molar-refractivity contribution in [3.05, 3.63) is 49.9 Å². The number of rotatable bonds is 4. The molecule has 20 heavy (non-hydrogen) atoms. The molecule has 3 nitrogen and oxygen atoms in total. The zero-order valence-electron chi connectivity index (χ0n) is 10.9. The average molecular weight is 357 g/mol. The van der Waals surface area contributed by atoms with Crippen molar-refractivity contribution < 1.29 is 9.18 Å². The van der Waals surface area contributed by atoms with Crippen molar-refractivity contribution in [1.82, 2.24) is 5.32 Å². The largest absolute Gasteiger partial charge is 0.396 e. The number of hydrogen-bond acceptors (Lipinski definition) is 3. The van der Waals surface area contributed by atoms with Crippen LogP contribution in [0.2, 0.25) is 0 Å². The third-order valence-electron chi connectivity index (χ3n) is 2.96. The second-order valence-corrected chi connectivity index (χ2v) is 6.11. The first-order valence-electron chi connectivity index (χ1n) is 6.11. The second-order valence-electron chi connectivity index (χ2n) is 4.26. The zero-order chi connectivity index (χ0) is 14.7. The molecule has 0 aliphatic heterocycles. The first-order chi connectivity index (χ1) is 9.52. The lowest BCUT2D eigenvalue weighted by Crippen LogP contribution is -2.23. The van der Waals surface area contributed by atoms with E-state index in [0.717, 1.165) is 11.3 Å². The van der Waals surface area contributed by atoms with Gasteiger partial charge in [-0.1, -0.05) is 6.92 Å². The molecule has 1 amide bonds. The summed E-state index contributed by atoms with van der Waals surface area (Å²) in [6.07, 6.45) is 0.932. The van der Waals surface area contributed by atoms with Crippen LogP contribution in [0.1, 0.15) is 27.7 Å². The molecule has 2 rings (SSSR count). The van der Waals surface area contributed by atoms with Crippen molar-refractivity contribution in [2.75, 3.05) is 5.73 Å². The lowest BCUT2D eigenvalue weighted by atomic mass is 10.1. The van der Waals surface area contributed by atoms with Crippen molar-refractivity contribution in [2.24, 2.45) is 0 Å². The lowest BCUT2D eigenvalue weighted by molar-refractivity contribution is 0.0950. The Kier molecular flexibility index (Phi) is 4.77. The number of hydrogen-bond donors (Lipinski definition) is 2. The third-order valence-corrected chi connectivity index (χ3v) is 4.58. The molecule has 0 atom stereocenters. The van der Waals surface area contributed by atoms with Crippen molar-refractivity contribution >= 4 is 38.9 Å². The van der Waals surface area contributed by atoms with Gasteiger partial charge in [-0.3, -0.25) is 4.79 Å². The predicted molar refractivity (Wildman–Crippen MR) is 83.4 cm³/mol. The standard InChI is InChI=1S/C14H14BrFN2OS/c1-2-8-3-4-20-13(8)7-18-14(19)9-5-12(17)11(16)6-10(9)15/h3-6H,2,7,17H2,1H3,(H,18,19). The van der Waals surface area contributed by atoms with Crippen LogP contribution in [0.5, 0.6) is 0 Å². The quantitative estimate of drug-likeness (QED) is 0.820. The maximum atomic E-state index is 13.2. The number of nitrogen functional groups attached to an aromatic ring is 1. The maximum Gasteiger partial charge on any atom is 0.252 e. The third kappa shape index (κ3) is 3.19. The molecule has 1 aromatic carbocycles. The molecule has 0 bridgehead atoms. The molecule has 0 fully saturated rings. The van der Waals surface area contributed by atoms with E-state index in [2.05, 4.69) is 34.2 Å². The topological polar surface area (TPSA) is 55.1 Å². The first-order valence-corrected chi connectivity index (χ1v) is 7.78. The minimum atomic E-state index is -0.542. The van der Waals surface area contributed by atoms with Gasteiger partial charge in [-0.25, -0.2) is 4.39 Å². The molecule has 0 aliphatic rings. The molecule has 1 aromatic heterocycles. The van der Waals surface area contributed by atoms with Crippen LogP contribution in [0.4, 0.5) is 10.1 Å². The van der Waals surface area contributed by atoms with E-state index in [1.807, 2.05) is 5.38 Å². The van der Waals surface area contributed by atoms with Crippen LogP contribution in [-0.4, -0.2) is 5.91 Å². The molecule has 0 unspecified atom stereocenters. The summed E-state index contributed by atoms with van der Waals surface area (Å²) in [5.41, 5.74) is 7.01. The van der Waals surface area contributed by atoms with E-state index >= 15 is 0 Å². The predicted octanol–water partition coefficient (Wildman–Crippen LogP) is 3.72. The monoisotopic (exact) mass is 356 g/mol. The van der Waals surface area contributed by atoms with Crippen LogP contribution in [-0.2, 0) is 13.0 Å². The van der Waals surface area contributed by atoms with Crippen molar-refractivity contribution in [3.63, 3.8) is 0 Å². The number of amides is 1. The Hall–Kier alpha value is -1.40. The van der Waals surface area contributed by atoms with E-state index in [4.69, 9.17) is 5.73 Å². The van der Waals surface area contributed by atoms with Gasteiger partial charge in [0.1, 0.15) is 5.82 Å². The van der Waals surface area contributed by atoms with Crippen LogP contribution in [0.25, 0.3) is 0 Å². The summed E-state index contributed by atoms with van der Waals surface area (Å²) >= 11 is 4.78. The molecule has 1 heterocycles. The lowest BCUT2D eigenvalue weighted by Gasteiger charge is -2.08. The van der Waals surface area contributed by atoms with Crippen molar-refractivity contribution in [2.45, 2.75) is 19.9 Å². The van der Waals surface area contributed by atoms with E-state index < -0.39 is 5.82 Å². The number of aryl methyl sites for hydroxylation is 1. The van der Waals surface area contributed by atoms with E-state index in [0.29, 0.717) is 16.6 Å². The van der Waals surface area contributed by atoms with Gasteiger partial charge in [-0.15, -0.1) is 11.3 Å². The minimum Gasteiger partial charge on any atom is -0.396 e. The minimum absolute atomic E-state index is 0.0382. The van der Waals surface area contributed by atoms with Gasteiger partial charge in [-0.05, 0) is 51.5 Å². The number of nitrogens with two attached hydrogens (primary N) is 1. The first kappa shape index (κ1) is 15.0. The van der Waals surface area contributed by atoms with Crippen molar-refractivity contribution in [3.8, 4) is 0 Å². The summed E-state index contributed by atoms with van der Waals surface area (Å²) in [7, 11) is 0. The van der Waals surface area contributed by atoms with Gasteiger partial charge in [0.15, 0.2) is 0 Å². The fraction of sp³-hybridized carbons (Fsp3) is 0.214. The van der Waals surface area contributed by atoms with Gasteiger partial charge in [0.2, 0.25) is 0 Å². The Morgan fingerprint density at radius 1 is 1.50 bits per heavy atom. The van der Waals surface area contributed by atoms with Gasteiger partial charge in [-0.2, -0.15) is 0 Å². The highest BCUT2D eigenvalue weighted by Gasteiger charge is 2.14. The summed E-state index contributed by atoms with van der Waals surface area (Å²) in [5.74, 6) is -0.820. The van der Waals surface area contributed by atoms with E-state index in [1.54, 1.807) is 11.3 Å². The summed E-state index contributed by atoms with van der Waals surface area (Å²) in [4.78, 5) is 13.2. The number of carbonyl (C=O) groups is 1. The molecule has 0 saturated heterocycles. The average Bonchev–Trinajstić information content (AvgIpc) is 2.87. The fourth-order valence-corrected chi connectivity index (χ4v) is 3.24. The summed E-state index contributed by atoms with van der Waals surface area (Å²) in [5, 5.41) is 4.83. The molecular formula is C14H14BrFN2OS. The number of thiophene rings is 1. The number of anilines is 1. The maximum absolute atomic E-state index is 13.2. The van der Waals surface area contributed by atoms with Crippen LogP contribution in [0.3, 0.4) is 0 Å². The van der Waals surface area contributed by atoms with Crippen LogP contribution in [0, 0.1) is 5.82 Å². The molecule has 6 heteroatoms. The zero-order valence-corrected chi connectivity index (χ0v) is 13.3. The Morgan fingerprint density at radius 3 is 2.95 bits per heavy atom. The van der Waals surface area contributed by atoms with E-state index in [9.17, 15) is 9.18 Å². The molecule has 0 radical (unpaired) electrons. The van der Waals surface area contributed by atoms with E-state index in [1.165, 1.54) is 17.7 Å². The fourth-order valence-electron chi connectivity index (χ4n) is 1.83. The Morgan fingerprint density at radius 2 is 2.25 bits per heavy atom. The van der Waals surface area contributed by atoms with E-state index in [-0.39, 0.29) is 11.6 Å². The molecule has 0 saturated carbocycles. The van der Waals surface area contributed by atoms with Gasteiger partial charge in [0, 0.05) is 9.35 Å². The Balaban J connectivity index is 2.11. The van der Waals surface area contributed by atoms with Gasteiger partial charge < -0.3 is 11.1 Å². The SMILES string of the molecule is CCc1ccsc1CNC(=O)c1cc(N)c(F)cc1Br. The highest BCUT2D eigenvalue weighted by Crippen LogP contribution is 2.23. The number of nitrogens with one attached hydrogen (secondary N) is 1. The molecule has 106 valence electrons. The van der Waals surface area contributed by atoms with Crippen LogP contribution < -0.4 is 11.1 Å². The van der Waals surface area contributed by atoms with Crippen LogP contribution >= 0.6 is 27.3 Å². The van der Waals surface area contributed by atoms with Gasteiger partial charge >= 0.3 is 0 Å².